The van der Waals surface area contributed by atoms with Crippen molar-refractivity contribution in [2.45, 2.75) is 46.1 Å². The molecule has 27 heavy (non-hydrogen) atoms. The molecule has 0 spiro atoms. The summed E-state index contributed by atoms with van der Waals surface area (Å²) in [4.78, 5) is 23.4. The van der Waals surface area contributed by atoms with Gasteiger partial charge in [-0.3, -0.25) is 4.79 Å². The number of hydrogen-bond acceptors (Lipinski definition) is 6. The Morgan fingerprint density at radius 1 is 1.19 bits per heavy atom. The van der Waals surface area contributed by atoms with Crippen molar-refractivity contribution in [3.8, 4) is 0 Å². The van der Waals surface area contributed by atoms with E-state index in [2.05, 4.69) is 32.0 Å². The Kier molecular flexibility index (Phi) is 3.73. The van der Waals surface area contributed by atoms with Crippen LogP contribution in [0.25, 0.3) is 5.78 Å². The van der Waals surface area contributed by atoms with E-state index in [4.69, 9.17) is 0 Å². The summed E-state index contributed by atoms with van der Waals surface area (Å²) in [7, 11) is 0. The molecule has 1 fully saturated rings. The van der Waals surface area contributed by atoms with E-state index < -0.39 is 0 Å². The van der Waals surface area contributed by atoms with Gasteiger partial charge in [0, 0.05) is 36.3 Å². The summed E-state index contributed by atoms with van der Waals surface area (Å²) in [6, 6.07) is 1.80. The predicted octanol–water partition coefficient (Wildman–Crippen LogP) is 1.31. The van der Waals surface area contributed by atoms with Crippen LogP contribution in [0, 0.1) is 19.8 Å². The lowest BCUT2D eigenvalue weighted by Crippen LogP contribution is -2.51. The quantitative estimate of drug-likeness (QED) is 0.696. The number of aryl methyl sites for hydroxylation is 3. The number of nitrogens with zero attached hydrogens (tertiary/aromatic N) is 7. The minimum atomic E-state index is 0.0312. The summed E-state index contributed by atoms with van der Waals surface area (Å²) in [6.07, 6.45) is 5.86. The summed E-state index contributed by atoms with van der Waals surface area (Å²) in [6.45, 7) is 6.50. The summed E-state index contributed by atoms with van der Waals surface area (Å²) < 4.78 is 3.48. The SMILES string of the molecule is Cc1nc2ncnn2c(N2CC(Cn3nc4c(cc3=O)CCCC4)C2)c1C. The van der Waals surface area contributed by atoms with Crippen molar-refractivity contribution in [3.63, 3.8) is 0 Å². The number of anilines is 1. The molecular formula is C19H23N7O. The molecule has 3 aromatic rings. The van der Waals surface area contributed by atoms with Crippen LogP contribution in [-0.2, 0) is 19.4 Å². The Morgan fingerprint density at radius 3 is 2.85 bits per heavy atom. The third-order valence-electron chi connectivity index (χ3n) is 5.84. The third kappa shape index (κ3) is 2.70. The van der Waals surface area contributed by atoms with Crippen molar-refractivity contribution in [2.75, 3.05) is 18.0 Å². The molecule has 5 rings (SSSR count). The predicted molar refractivity (Wildman–Crippen MR) is 101 cm³/mol. The van der Waals surface area contributed by atoms with Crippen molar-refractivity contribution in [1.82, 2.24) is 29.4 Å². The van der Waals surface area contributed by atoms with Gasteiger partial charge in [-0.1, -0.05) is 0 Å². The Morgan fingerprint density at radius 2 is 2.00 bits per heavy atom. The van der Waals surface area contributed by atoms with Gasteiger partial charge in [0.05, 0.1) is 12.2 Å². The molecule has 0 N–H and O–H groups in total. The molecule has 8 nitrogen and oxygen atoms in total. The highest BCUT2D eigenvalue weighted by atomic mass is 16.1. The first-order valence-electron chi connectivity index (χ1n) is 9.62. The van der Waals surface area contributed by atoms with Crippen LogP contribution < -0.4 is 10.5 Å². The molecule has 1 aliphatic carbocycles. The zero-order valence-corrected chi connectivity index (χ0v) is 15.7. The van der Waals surface area contributed by atoms with E-state index in [0.717, 1.165) is 60.7 Å². The summed E-state index contributed by atoms with van der Waals surface area (Å²) in [5.41, 5.74) is 4.39. The lowest BCUT2D eigenvalue weighted by atomic mass is 9.96. The largest absolute Gasteiger partial charge is 0.355 e. The second kappa shape index (κ2) is 6.14. The van der Waals surface area contributed by atoms with Gasteiger partial charge in [-0.25, -0.2) is 9.67 Å². The number of aromatic nitrogens is 6. The molecule has 4 heterocycles. The zero-order valence-electron chi connectivity index (χ0n) is 15.7. The van der Waals surface area contributed by atoms with Gasteiger partial charge >= 0.3 is 0 Å². The molecule has 0 aromatic carbocycles. The first kappa shape index (κ1) is 16.4. The molecule has 0 unspecified atom stereocenters. The van der Waals surface area contributed by atoms with Gasteiger partial charge in [-0.15, -0.1) is 0 Å². The first-order valence-corrected chi connectivity index (χ1v) is 9.62. The zero-order chi connectivity index (χ0) is 18.5. The summed E-state index contributed by atoms with van der Waals surface area (Å²) >= 11 is 0. The molecule has 1 aliphatic heterocycles. The molecule has 140 valence electrons. The van der Waals surface area contributed by atoms with E-state index in [1.807, 2.05) is 11.4 Å². The molecule has 8 heteroatoms. The molecule has 0 atom stereocenters. The minimum Gasteiger partial charge on any atom is -0.355 e. The van der Waals surface area contributed by atoms with Gasteiger partial charge in [0.1, 0.15) is 12.1 Å². The lowest BCUT2D eigenvalue weighted by Gasteiger charge is -2.41. The Labute approximate surface area is 156 Å². The molecule has 1 saturated heterocycles. The van der Waals surface area contributed by atoms with E-state index in [1.54, 1.807) is 17.1 Å². The Hall–Kier alpha value is -2.77. The fourth-order valence-corrected chi connectivity index (χ4v) is 4.22. The maximum absolute atomic E-state index is 12.4. The van der Waals surface area contributed by atoms with Crippen molar-refractivity contribution in [3.05, 3.63) is 45.3 Å². The molecule has 0 radical (unpaired) electrons. The highest BCUT2D eigenvalue weighted by Crippen LogP contribution is 2.29. The molecule has 0 saturated carbocycles. The standard InChI is InChI=1S/C19H23N7O/c1-12-13(2)22-19-20-11-21-26(19)18(12)24-8-14(9-24)10-25-17(27)7-15-5-3-4-6-16(15)23-25/h7,11,14H,3-6,8-10H2,1-2H3. The Balaban J connectivity index is 1.36. The van der Waals surface area contributed by atoms with E-state index in [1.165, 1.54) is 6.42 Å². The fraction of sp³-hybridized carbons (Fsp3) is 0.526. The van der Waals surface area contributed by atoms with Gasteiger partial charge in [0.2, 0.25) is 0 Å². The van der Waals surface area contributed by atoms with Crippen LogP contribution in [0.3, 0.4) is 0 Å². The van der Waals surface area contributed by atoms with Crippen LogP contribution in [0.2, 0.25) is 0 Å². The fourth-order valence-electron chi connectivity index (χ4n) is 4.22. The van der Waals surface area contributed by atoms with Crippen molar-refractivity contribution >= 4 is 11.6 Å². The van der Waals surface area contributed by atoms with Gasteiger partial charge in [0.25, 0.3) is 11.3 Å². The molecular weight excluding hydrogens is 342 g/mol. The molecule has 3 aromatic heterocycles. The first-order chi connectivity index (χ1) is 13.1. The van der Waals surface area contributed by atoms with Crippen LogP contribution in [0.15, 0.2) is 17.2 Å². The molecule has 0 bridgehead atoms. The smallest absolute Gasteiger partial charge is 0.267 e. The van der Waals surface area contributed by atoms with Gasteiger partial charge in [-0.2, -0.15) is 19.7 Å². The van der Waals surface area contributed by atoms with Crippen LogP contribution in [0.1, 0.15) is 35.4 Å². The highest BCUT2D eigenvalue weighted by molar-refractivity contribution is 5.55. The van der Waals surface area contributed by atoms with Gasteiger partial charge < -0.3 is 4.90 Å². The van der Waals surface area contributed by atoms with E-state index >= 15 is 0 Å². The average molecular weight is 365 g/mol. The van der Waals surface area contributed by atoms with Crippen molar-refractivity contribution in [1.29, 1.82) is 0 Å². The Bertz CT molecular complexity index is 1080. The van der Waals surface area contributed by atoms with Crippen LogP contribution in [0.4, 0.5) is 5.82 Å². The second-order valence-corrected chi connectivity index (χ2v) is 7.73. The third-order valence-corrected chi connectivity index (χ3v) is 5.84. The van der Waals surface area contributed by atoms with Gasteiger partial charge in [-0.05, 0) is 45.1 Å². The molecule has 0 amide bonds. The number of fused-ring (bicyclic) bond motifs is 2. The van der Waals surface area contributed by atoms with E-state index in [-0.39, 0.29) is 5.56 Å². The van der Waals surface area contributed by atoms with Gasteiger partial charge in [0.15, 0.2) is 0 Å². The second-order valence-electron chi connectivity index (χ2n) is 7.73. The minimum absolute atomic E-state index is 0.0312. The normalized spacial score (nSPS) is 17.2. The number of hydrogen-bond donors (Lipinski definition) is 0. The summed E-state index contributed by atoms with van der Waals surface area (Å²) in [5.74, 6) is 2.09. The lowest BCUT2D eigenvalue weighted by molar-refractivity contribution is 0.328. The number of rotatable bonds is 3. The molecule has 2 aliphatic rings. The van der Waals surface area contributed by atoms with E-state index in [9.17, 15) is 4.79 Å². The van der Waals surface area contributed by atoms with Crippen molar-refractivity contribution in [2.24, 2.45) is 5.92 Å². The topological polar surface area (TPSA) is 81.2 Å². The summed E-state index contributed by atoms with van der Waals surface area (Å²) in [5, 5.41) is 8.98. The van der Waals surface area contributed by atoms with Crippen LogP contribution in [0.5, 0.6) is 0 Å². The van der Waals surface area contributed by atoms with Crippen LogP contribution in [-0.4, -0.2) is 42.5 Å². The maximum Gasteiger partial charge on any atom is 0.267 e. The average Bonchev–Trinajstić information content (AvgIpc) is 3.08. The van der Waals surface area contributed by atoms with Crippen molar-refractivity contribution < 1.29 is 0 Å². The van der Waals surface area contributed by atoms with Crippen LogP contribution >= 0.6 is 0 Å². The maximum atomic E-state index is 12.4. The van der Waals surface area contributed by atoms with E-state index in [0.29, 0.717) is 18.2 Å². The monoisotopic (exact) mass is 365 g/mol. The highest BCUT2D eigenvalue weighted by Gasteiger charge is 2.31.